The van der Waals surface area contributed by atoms with E-state index in [1.54, 1.807) is 41.4 Å². The lowest BCUT2D eigenvalue weighted by molar-refractivity contribution is -0.146. The number of Topliss-reactive ketones (excluding diaryl/α,β-unsaturated/α-hetero) is 1. The zero-order valence-corrected chi connectivity index (χ0v) is 18.6. The van der Waals surface area contributed by atoms with Gasteiger partial charge in [-0.3, -0.25) is 14.4 Å². The molecule has 4 heterocycles. The summed E-state index contributed by atoms with van der Waals surface area (Å²) < 4.78 is 16.3. The molecule has 0 bridgehead atoms. The molecule has 3 aromatic rings. The smallest absolute Gasteiger partial charge is 0.290 e. The first-order chi connectivity index (χ1) is 16.4. The first-order valence-corrected chi connectivity index (χ1v) is 11.1. The molecule has 0 spiro atoms. The van der Waals surface area contributed by atoms with Gasteiger partial charge in [0.25, 0.3) is 11.8 Å². The number of rotatable bonds is 4. The van der Waals surface area contributed by atoms with Crippen molar-refractivity contribution in [1.82, 2.24) is 24.6 Å². The predicted octanol–water partition coefficient (Wildman–Crippen LogP) is 1.78. The Morgan fingerprint density at radius 2 is 1.74 bits per heavy atom. The Kier molecular flexibility index (Phi) is 5.56. The van der Waals surface area contributed by atoms with E-state index in [4.69, 9.17) is 0 Å². The second-order valence-corrected chi connectivity index (χ2v) is 8.37. The molecular formula is C24H23FN6O3. The van der Waals surface area contributed by atoms with Gasteiger partial charge in [-0.1, -0.05) is 18.2 Å². The molecule has 174 valence electrons. The maximum Gasteiger partial charge on any atom is 0.290 e. The van der Waals surface area contributed by atoms with Crippen molar-refractivity contribution in [3.63, 3.8) is 0 Å². The Morgan fingerprint density at radius 3 is 2.41 bits per heavy atom. The number of anilines is 1. The number of aryl methyl sites for hydroxylation is 1. The zero-order valence-electron chi connectivity index (χ0n) is 18.6. The molecule has 2 aliphatic rings. The molecule has 0 saturated carbocycles. The standard InChI is InChI=1S/C24H23FN6O3/c1-15-7-8-31(28-15)22-20-19(18(25)14-27-22)17(13-26-20)21(32)24(34)30-11-9-29(10-12-30)23(33)16-5-3-2-4-6-16/h2-8,14,17,26H,9-13H2,1H3. The summed E-state index contributed by atoms with van der Waals surface area (Å²) in [6.07, 6.45) is 2.75. The molecule has 1 fully saturated rings. The summed E-state index contributed by atoms with van der Waals surface area (Å²) in [6, 6.07) is 10.7. The maximum atomic E-state index is 14.8. The number of pyridine rings is 1. The van der Waals surface area contributed by atoms with E-state index in [1.165, 1.54) is 9.58 Å². The number of hydrogen-bond acceptors (Lipinski definition) is 6. The van der Waals surface area contributed by atoms with Crippen LogP contribution in [-0.4, -0.2) is 74.9 Å². The number of piperazine rings is 1. The van der Waals surface area contributed by atoms with Gasteiger partial charge in [0.1, 0.15) is 5.82 Å². The van der Waals surface area contributed by atoms with Gasteiger partial charge < -0.3 is 15.1 Å². The number of carbonyl (C=O) groups excluding carboxylic acids is 3. The Labute approximate surface area is 195 Å². The number of nitrogens with zero attached hydrogens (tertiary/aromatic N) is 5. The van der Waals surface area contributed by atoms with Crippen molar-refractivity contribution < 1.29 is 18.8 Å². The molecule has 1 unspecified atom stereocenters. The first kappa shape index (κ1) is 21.7. The summed E-state index contributed by atoms with van der Waals surface area (Å²) in [5, 5.41) is 7.35. The number of ketones is 1. The molecular weight excluding hydrogens is 439 g/mol. The van der Waals surface area contributed by atoms with Gasteiger partial charge in [0.2, 0.25) is 5.78 Å². The molecule has 1 N–H and O–H groups in total. The quantitative estimate of drug-likeness (QED) is 0.594. The maximum absolute atomic E-state index is 14.8. The number of aromatic nitrogens is 3. The van der Waals surface area contributed by atoms with Crippen LogP contribution in [-0.2, 0) is 9.59 Å². The van der Waals surface area contributed by atoms with Crippen molar-refractivity contribution in [3.05, 3.63) is 71.4 Å². The van der Waals surface area contributed by atoms with Crippen molar-refractivity contribution in [2.45, 2.75) is 12.8 Å². The van der Waals surface area contributed by atoms with Crippen LogP contribution in [0.15, 0.2) is 48.8 Å². The lowest BCUT2D eigenvalue weighted by Gasteiger charge is -2.34. The van der Waals surface area contributed by atoms with Gasteiger partial charge in [-0.25, -0.2) is 14.1 Å². The minimum Gasteiger partial charge on any atom is -0.381 e. The summed E-state index contributed by atoms with van der Waals surface area (Å²) >= 11 is 0. The fourth-order valence-electron chi connectivity index (χ4n) is 4.42. The number of benzene rings is 1. The topological polar surface area (TPSA) is 100 Å². The molecule has 1 atom stereocenters. The zero-order chi connectivity index (χ0) is 23.8. The van der Waals surface area contributed by atoms with Crippen molar-refractivity contribution in [2.75, 3.05) is 38.0 Å². The number of nitrogens with one attached hydrogen (secondary N) is 1. The lowest BCUT2D eigenvalue weighted by Crippen LogP contribution is -2.52. The summed E-state index contributed by atoms with van der Waals surface area (Å²) in [5.41, 5.74) is 1.85. The Morgan fingerprint density at radius 1 is 1.03 bits per heavy atom. The van der Waals surface area contributed by atoms with Crippen molar-refractivity contribution >= 4 is 23.3 Å². The highest BCUT2D eigenvalue weighted by Crippen LogP contribution is 2.37. The van der Waals surface area contributed by atoms with Crippen LogP contribution < -0.4 is 5.32 Å². The van der Waals surface area contributed by atoms with Gasteiger partial charge in [0.05, 0.1) is 23.5 Å². The number of amides is 2. The molecule has 10 heteroatoms. The number of carbonyl (C=O) groups is 3. The van der Waals surface area contributed by atoms with Crippen LogP contribution in [0.3, 0.4) is 0 Å². The lowest BCUT2D eigenvalue weighted by atomic mass is 9.96. The summed E-state index contributed by atoms with van der Waals surface area (Å²) in [7, 11) is 0. The molecule has 5 rings (SSSR count). The van der Waals surface area contributed by atoms with E-state index >= 15 is 0 Å². The van der Waals surface area contributed by atoms with Crippen LogP contribution in [0, 0.1) is 12.7 Å². The third kappa shape index (κ3) is 3.81. The average molecular weight is 462 g/mol. The normalized spacial score (nSPS) is 17.3. The van der Waals surface area contributed by atoms with E-state index in [0.29, 0.717) is 30.2 Å². The highest BCUT2D eigenvalue weighted by atomic mass is 19.1. The number of halogens is 1. The number of hydrogen-bond donors (Lipinski definition) is 1. The van der Waals surface area contributed by atoms with Gasteiger partial charge in [0, 0.05) is 50.0 Å². The molecule has 34 heavy (non-hydrogen) atoms. The summed E-state index contributed by atoms with van der Waals surface area (Å²) in [6.45, 7) is 3.06. The Bertz CT molecular complexity index is 1270. The Hall–Kier alpha value is -4.08. The number of fused-ring (bicyclic) bond motifs is 1. The minimum absolute atomic E-state index is 0.0994. The molecule has 2 amide bonds. The van der Waals surface area contributed by atoms with Gasteiger partial charge in [0.15, 0.2) is 5.82 Å². The highest BCUT2D eigenvalue weighted by Gasteiger charge is 2.39. The van der Waals surface area contributed by atoms with Crippen molar-refractivity contribution in [3.8, 4) is 5.82 Å². The van der Waals surface area contributed by atoms with Crippen molar-refractivity contribution in [2.24, 2.45) is 0 Å². The molecule has 9 nitrogen and oxygen atoms in total. The Balaban J connectivity index is 1.29. The van der Waals surface area contributed by atoms with Crippen LogP contribution in [0.2, 0.25) is 0 Å². The minimum atomic E-state index is -0.954. The van der Waals surface area contributed by atoms with Gasteiger partial charge in [-0.05, 0) is 25.1 Å². The fourth-order valence-corrected chi connectivity index (χ4v) is 4.42. The van der Waals surface area contributed by atoms with Crippen LogP contribution in [0.4, 0.5) is 10.1 Å². The van der Waals surface area contributed by atoms with E-state index in [2.05, 4.69) is 15.4 Å². The van der Waals surface area contributed by atoms with Gasteiger partial charge in [-0.15, -0.1) is 0 Å². The second-order valence-electron chi connectivity index (χ2n) is 8.37. The summed E-state index contributed by atoms with van der Waals surface area (Å²) in [5.74, 6) is -2.67. The highest BCUT2D eigenvalue weighted by molar-refractivity contribution is 6.38. The van der Waals surface area contributed by atoms with E-state index in [9.17, 15) is 18.8 Å². The molecule has 0 radical (unpaired) electrons. The third-order valence-corrected chi connectivity index (χ3v) is 6.22. The van der Waals surface area contributed by atoms with E-state index in [-0.39, 0.29) is 31.1 Å². The van der Waals surface area contributed by atoms with E-state index < -0.39 is 23.4 Å². The van der Waals surface area contributed by atoms with Crippen LogP contribution >= 0.6 is 0 Å². The van der Waals surface area contributed by atoms with Gasteiger partial charge >= 0.3 is 0 Å². The third-order valence-electron chi connectivity index (χ3n) is 6.22. The first-order valence-electron chi connectivity index (χ1n) is 11.1. The monoisotopic (exact) mass is 462 g/mol. The largest absolute Gasteiger partial charge is 0.381 e. The summed E-state index contributed by atoms with van der Waals surface area (Å²) in [4.78, 5) is 46.0. The predicted molar refractivity (Wildman–Crippen MR) is 121 cm³/mol. The van der Waals surface area contributed by atoms with Crippen LogP contribution in [0.1, 0.15) is 27.5 Å². The fraction of sp³-hybridized carbons (Fsp3) is 0.292. The van der Waals surface area contributed by atoms with Crippen LogP contribution in [0.5, 0.6) is 0 Å². The van der Waals surface area contributed by atoms with E-state index in [1.807, 2.05) is 13.0 Å². The molecule has 0 aliphatic carbocycles. The van der Waals surface area contributed by atoms with Crippen LogP contribution in [0.25, 0.3) is 5.82 Å². The second kappa shape index (κ2) is 8.69. The molecule has 1 aromatic carbocycles. The molecule has 1 saturated heterocycles. The van der Waals surface area contributed by atoms with E-state index in [0.717, 1.165) is 11.9 Å². The van der Waals surface area contributed by atoms with Gasteiger partial charge in [-0.2, -0.15) is 5.10 Å². The molecule has 2 aromatic heterocycles. The average Bonchev–Trinajstić information content (AvgIpc) is 3.51. The SMILES string of the molecule is Cc1ccn(-c2ncc(F)c3c2NCC3C(=O)C(=O)N2CCN(C(=O)c3ccccc3)CC2)n1. The van der Waals surface area contributed by atoms with Crippen molar-refractivity contribution in [1.29, 1.82) is 0 Å². The molecule has 2 aliphatic heterocycles.